The third kappa shape index (κ3) is 1.96. The summed E-state index contributed by atoms with van der Waals surface area (Å²) >= 11 is 1.40. The minimum Gasteiger partial charge on any atom is -0.316 e. The first-order valence-corrected chi connectivity index (χ1v) is 6.51. The van der Waals surface area contributed by atoms with Gasteiger partial charge in [0.05, 0.1) is 29.8 Å². The Bertz CT molecular complexity index is 434. The summed E-state index contributed by atoms with van der Waals surface area (Å²) in [6.45, 7) is 0. The minimum absolute atomic E-state index is 0.0259. The van der Waals surface area contributed by atoms with E-state index in [-0.39, 0.29) is 5.75 Å². The molecule has 0 unspecified atom stereocenters. The molecule has 0 aromatic heterocycles. The lowest BCUT2D eigenvalue weighted by molar-refractivity contribution is 0.605. The summed E-state index contributed by atoms with van der Waals surface area (Å²) in [5, 5.41) is 0. The Morgan fingerprint density at radius 3 is 3.07 bits per heavy atom. The van der Waals surface area contributed by atoms with E-state index in [9.17, 15) is 8.42 Å². The molecule has 0 aromatic rings. The maximum absolute atomic E-state index is 11.0. The van der Waals surface area contributed by atoms with Crippen molar-refractivity contribution < 1.29 is 8.42 Å². The van der Waals surface area contributed by atoms with Gasteiger partial charge in [0, 0.05) is 12.4 Å². The van der Waals surface area contributed by atoms with Crippen molar-refractivity contribution in [1.82, 2.24) is 9.03 Å². The highest BCUT2D eigenvalue weighted by Gasteiger charge is 2.22. The molecule has 1 N–H and O–H groups in total. The van der Waals surface area contributed by atoms with E-state index in [1.165, 1.54) is 12.1 Å². The van der Waals surface area contributed by atoms with Crippen LogP contribution >= 0.6 is 12.1 Å². The standard InChI is InChI=1S/C8H9N2O2S2/c1-14(11,12)6-7-3-2-4-10-8(7)5-9-13-10/h2-5,9H,1,6H2. The zero-order valence-electron chi connectivity index (χ0n) is 7.30. The third-order valence-corrected chi connectivity index (χ3v) is 3.30. The zero-order chi connectivity index (χ0) is 10.2. The predicted molar refractivity (Wildman–Crippen MR) is 57.0 cm³/mol. The smallest absolute Gasteiger partial charge is 0.155 e. The fraction of sp³-hybridized carbons (Fsp3) is 0.125. The van der Waals surface area contributed by atoms with Crippen molar-refractivity contribution in [2.75, 3.05) is 5.75 Å². The van der Waals surface area contributed by atoms with Crippen LogP contribution in [0.5, 0.6) is 0 Å². The van der Waals surface area contributed by atoms with Crippen LogP contribution in [0.4, 0.5) is 0 Å². The summed E-state index contributed by atoms with van der Waals surface area (Å²) in [7, 11) is -3.22. The Balaban J connectivity index is 2.27. The topological polar surface area (TPSA) is 49.4 Å². The van der Waals surface area contributed by atoms with Crippen molar-refractivity contribution in [2.24, 2.45) is 0 Å². The molecule has 4 nitrogen and oxygen atoms in total. The Morgan fingerprint density at radius 1 is 1.57 bits per heavy atom. The molecule has 0 aliphatic carbocycles. The average Bonchev–Trinajstić information content (AvgIpc) is 2.49. The van der Waals surface area contributed by atoms with Crippen LogP contribution in [0, 0.1) is 6.26 Å². The molecule has 2 aliphatic rings. The van der Waals surface area contributed by atoms with Crippen molar-refractivity contribution >= 4 is 22.0 Å². The Labute approximate surface area is 87.5 Å². The van der Waals surface area contributed by atoms with Crippen molar-refractivity contribution in [1.29, 1.82) is 0 Å². The van der Waals surface area contributed by atoms with E-state index in [0.29, 0.717) is 0 Å². The Kier molecular flexibility index (Phi) is 2.32. The van der Waals surface area contributed by atoms with E-state index >= 15 is 0 Å². The summed E-state index contributed by atoms with van der Waals surface area (Å²) < 4.78 is 26.9. The number of sulfone groups is 1. The lowest BCUT2D eigenvalue weighted by Gasteiger charge is -2.19. The first-order chi connectivity index (χ1) is 6.56. The van der Waals surface area contributed by atoms with Gasteiger partial charge in [0.2, 0.25) is 0 Å². The van der Waals surface area contributed by atoms with Gasteiger partial charge in [-0.2, -0.15) is 0 Å². The second-order valence-corrected chi connectivity index (χ2v) is 5.57. The van der Waals surface area contributed by atoms with Gasteiger partial charge < -0.3 is 4.72 Å². The largest absolute Gasteiger partial charge is 0.316 e. The van der Waals surface area contributed by atoms with E-state index in [2.05, 4.69) is 11.0 Å². The molecule has 0 saturated heterocycles. The molecule has 0 saturated carbocycles. The normalized spacial score (nSPS) is 19.9. The van der Waals surface area contributed by atoms with Gasteiger partial charge in [-0.1, -0.05) is 6.08 Å². The van der Waals surface area contributed by atoms with E-state index in [1.807, 2.05) is 16.6 Å². The van der Waals surface area contributed by atoms with Crippen molar-refractivity contribution in [3.05, 3.63) is 42.1 Å². The van der Waals surface area contributed by atoms with Crippen molar-refractivity contribution in [3.8, 4) is 0 Å². The van der Waals surface area contributed by atoms with Crippen LogP contribution in [0.2, 0.25) is 0 Å². The lowest BCUT2D eigenvalue weighted by Crippen LogP contribution is -2.14. The van der Waals surface area contributed by atoms with E-state index in [4.69, 9.17) is 0 Å². The molecular weight excluding hydrogens is 220 g/mol. The van der Waals surface area contributed by atoms with Gasteiger partial charge in [0.1, 0.15) is 0 Å². The highest BCUT2D eigenvalue weighted by atomic mass is 32.2. The molecule has 1 radical (unpaired) electrons. The number of fused-ring (bicyclic) bond motifs is 1. The quantitative estimate of drug-likeness (QED) is 0.715. The average molecular weight is 229 g/mol. The summed E-state index contributed by atoms with van der Waals surface area (Å²) in [6.07, 6.45) is 10.4. The van der Waals surface area contributed by atoms with Crippen LogP contribution in [0.3, 0.4) is 0 Å². The monoisotopic (exact) mass is 229 g/mol. The van der Waals surface area contributed by atoms with Gasteiger partial charge in [-0.25, -0.2) is 8.42 Å². The second kappa shape index (κ2) is 3.36. The van der Waals surface area contributed by atoms with Crippen molar-refractivity contribution in [2.45, 2.75) is 0 Å². The lowest BCUT2D eigenvalue weighted by atomic mass is 10.2. The number of hydrogen-bond acceptors (Lipinski definition) is 5. The van der Waals surface area contributed by atoms with E-state index in [0.717, 1.165) is 11.3 Å². The highest BCUT2D eigenvalue weighted by Crippen LogP contribution is 2.30. The third-order valence-electron chi connectivity index (χ3n) is 1.81. The summed E-state index contributed by atoms with van der Waals surface area (Å²) in [5.74, 6) is -0.0259. The van der Waals surface area contributed by atoms with Crippen LogP contribution in [-0.4, -0.2) is 18.5 Å². The van der Waals surface area contributed by atoms with E-state index in [1.54, 1.807) is 12.3 Å². The van der Waals surface area contributed by atoms with Crippen LogP contribution in [0.15, 0.2) is 35.8 Å². The Hall–Kier alpha value is -0.880. The fourth-order valence-corrected chi connectivity index (χ4v) is 2.67. The molecule has 0 atom stereocenters. The molecule has 0 bridgehead atoms. The predicted octanol–water partition coefficient (Wildman–Crippen LogP) is 0.956. The second-order valence-electron chi connectivity index (χ2n) is 2.99. The summed E-state index contributed by atoms with van der Waals surface area (Å²) in [4.78, 5) is 0. The van der Waals surface area contributed by atoms with Crippen LogP contribution in [0.25, 0.3) is 0 Å². The SMILES string of the molecule is [CH2]S(=O)(=O)CC1=CC=CN2SNC=C12. The summed E-state index contributed by atoms with van der Waals surface area (Å²) in [6, 6.07) is 0. The minimum atomic E-state index is -3.22. The number of hydrogen-bond donors (Lipinski definition) is 1. The van der Waals surface area contributed by atoms with Gasteiger partial charge in [-0.3, -0.25) is 4.31 Å². The van der Waals surface area contributed by atoms with Gasteiger partial charge in [0.15, 0.2) is 9.84 Å². The molecule has 0 amide bonds. The molecule has 6 heteroatoms. The molecule has 0 spiro atoms. The van der Waals surface area contributed by atoms with Crippen LogP contribution in [0.1, 0.15) is 0 Å². The Morgan fingerprint density at radius 2 is 2.36 bits per heavy atom. The molecule has 0 fully saturated rings. The number of rotatable bonds is 2. The fourth-order valence-electron chi connectivity index (χ4n) is 1.28. The molecule has 0 aromatic carbocycles. The highest BCUT2D eigenvalue weighted by molar-refractivity contribution is 7.95. The number of allylic oxidation sites excluding steroid dienone is 3. The first-order valence-electron chi connectivity index (χ1n) is 3.92. The molecule has 2 aliphatic heterocycles. The van der Waals surface area contributed by atoms with Gasteiger partial charge in [0.25, 0.3) is 0 Å². The number of nitrogens with one attached hydrogen (secondary N) is 1. The molecular formula is C8H9N2O2S2. The van der Waals surface area contributed by atoms with Crippen LogP contribution in [-0.2, 0) is 9.84 Å². The summed E-state index contributed by atoms with van der Waals surface area (Å²) in [5.41, 5.74) is 1.64. The maximum Gasteiger partial charge on any atom is 0.155 e. The first kappa shape index (κ1) is 9.67. The zero-order valence-corrected chi connectivity index (χ0v) is 8.94. The maximum atomic E-state index is 11.0. The van der Waals surface area contributed by atoms with Crippen molar-refractivity contribution in [3.63, 3.8) is 0 Å². The van der Waals surface area contributed by atoms with Gasteiger partial charge in [-0.15, -0.1) is 0 Å². The molecule has 2 heterocycles. The number of nitrogens with zero attached hydrogens (tertiary/aromatic N) is 1. The van der Waals surface area contributed by atoms with E-state index < -0.39 is 9.84 Å². The molecule has 14 heavy (non-hydrogen) atoms. The van der Waals surface area contributed by atoms with Gasteiger partial charge >= 0.3 is 0 Å². The molecule has 2 rings (SSSR count). The molecule has 75 valence electrons. The van der Waals surface area contributed by atoms with Gasteiger partial charge in [-0.05, 0) is 11.6 Å². The van der Waals surface area contributed by atoms with Crippen LogP contribution < -0.4 is 4.72 Å².